The fraction of sp³-hybridized carbons (Fsp3) is 0.842. The summed E-state index contributed by atoms with van der Waals surface area (Å²) in [5, 5.41) is 79.2. The molecule has 1 heterocycles. The molecule has 0 aromatic heterocycles. The molecule has 10 unspecified atom stereocenters. The second kappa shape index (κ2) is 14.5. The first kappa shape index (κ1) is 31.8. The Balaban J connectivity index is 2.87. The summed E-state index contributed by atoms with van der Waals surface area (Å²) in [6.45, 7) is -1.46. The Morgan fingerprint density at radius 2 is 1.61 bits per heavy atom. The molecule has 0 aliphatic carbocycles. The second-order valence-corrected chi connectivity index (χ2v) is 7.81. The predicted molar refractivity (Wildman–Crippen MR) is 110 cm³/mol. The summed E-state index contributed by atoms with van der Waals surface area (Å²) in [5.74, 6) is -2.35. The molecule has 10 atom stereocenters. The first-order valence-electron chi connectivity index (χ1n) is 10.6. The number of aliphatic hydroxyl groups is 8. The highest BCUT2D eigenvalue weighted by Gasteiger charge is 2.47. The zero-order valence-electron chi connectivity index (χ0n) is 19.7. The van der Waals surface area contributed by atoms with E-state index in [0.29, 0.717) is 4.90 Å². The molecule has 0 radical (unpaired) electrons. The summed E-state index contributed by atoms with van der Waals surface area (Å²) in [4.78, 5) is 36.1. The van der Waals surface area contributed by atoms with E-state index in [4.69, 9.17) is 14.2 Å². The van der Waals surface area contributed by atoms with Crippen LogP contribution in [-0.4, -0.2) is 159 Å². The Bertz CT molecular complexity index is 722. The fourth-order valence-corrected chi connectivity index (χ4v) is 3.09. The fourth-order valence-electron chi connectivity index (χ4n) is 3.09. The third-order valence-electron chi connectivity index (χ3n) is 5.09. The van der Waals surface area contributed by atoms with Gasteiger partial charge in [0.05, 0.1) is 20.3 Å². The molecule has 0 aromatic rings. The van der Waals surface area contributed by atoms with Crippen LogP contribution in [-0.2, 0) is 33.3 Å². The Hall–Kier alpha value is -2.19. The molecule has 0 bridgehead atoms. The number of carbonyl (C=O) groups is 3. The zero-order chi connectivity index (χ0) is 27.7. The van der Waals surface area contributed by atoms with Crippen molar-refractivity contribution in [3.63, 3.8) is 0 Å². The molecule has 17 nitrogen and oxygen atoms in total. The molecular formula is C19H33NO16. The van der Waals surface area contributed by atoms with Crippen LogP contribution in [0.25, 0.3) is 0 Å². The SMILES string of the molecule is COC(=O)OC(C)OC(=O)CN(C)C(=O)C(O)C(O)C(OC1OC(CO)C(O)C(O)C1O)C(O)CO. The quantitative estimate of drug-likeness (QED) is 0.0861. The number of esters is 1. The van der Waals surface area contributed by atoms with E-state index >= 15 is 0 Å². The van der Waals surface area contributed by atoms with Gasteiger partial charge in [0.15, 0.2) is 12.4 Å². The van der Waals surface area contributed by atoms with Crippen LogP contribution in [0.4, 0.5) is 4.79 Å². The standard InChI is InChI=1S/C19H33NO16/c1-7(34-19(31)32-3)33-10(24)4-20(2)17(30)14(28)13(27)16(8(23)5-21)36-18-15(29)12(26)11(25)9(6-22)35-18/h7-9,11-16,18,21-23,25-29H,4-6H2,1-3H3. The lowest BCUT2D eigenvalue weighted by Gasteiger charge is -2.42. The number of aliphatic hydroxyl groups excluding tert-OH is 8. The van der Waals surface area contributed by atoms with Gasteiger partial charge in [0.25, 0.3) is 5.91 Å². The summed E-state index contributed by atoms with van der Waals surface area (Å²) in [7, 11) is 2.07. The van der Waals surface area contributed by atoms with Crippen molar-refractivity contribution in [1.82, 2.24) is 4.90 Å². The molecule has 0 spiro atoms. The molecule has 36 heavy (non-hydrogen) atoms. The number of ether oxygens (including phenoxy) is 5. The van der Waals surface area contributed by atoms with Crippen LogP contribution < -0.4 is 0 Å². The second-order valence-electron chi connectivity index (χ2n) is 7.81. The number of likely N-dealkylation sites (N-methyl/N-ethyl adjacent to an activating group) is 1. The molecule has 0 aromatic carbocycles. The number of hydrogen-bond donors (Lipinski definition) is 8. The van der Waals surface area contributed by atoms with Crippen molar-refractivity contribution in [2.75, 3.05) is 33.9 Å². The van der Waals surface area contributed by atoms with Gasteiger partial charge in [-0.05, 0) is 0 Å². The monoisotopic (exact) mass is 531 g/mol. The van der Waals surface area contributed by atoms with Gasteiger partial charge >= 0.3 is 12.1 Å². The van der Waals surface area contributed by atoms with Crippen LogP contribution in [0.1, 0.15) is 6.92 Å². The van der Waals surface area contributed by atoms with E-state index in [9.17, 15) is 55.2 Å². The molecule has 1 aliphatic rings. The lowest BCUT2D eigenvalue weighted by Crippen LogP contribution is -2.62. The molecule has 1 rings (SSSR count). The summed E-state index contributed by atoms with van der Waals surface area (Å²) < 4.78 is 23.8. The molecule has 1 saturated heterocycles. The van der Waals surface area contributed by atoms with Crippen molar-refractivity contribution >= 4 is 18.0 Å². The molecular weight excluding hydrogens is 498 g/mol. The number of amides is 1. The van der Waals surface area contributed by atoms with Crippen LogP contribution in [0.15, 0.2) is 0 Å². The Labute approximate surface area is 204 Å². The van der Waals surface area contributed by atoms with Gasteiger partial charge in [-0.2, -0.15) is 0 Å². The molecule has 0 saturated carbocycles. The summed E-state index contributed by atoms with van der Waals surface area (Å²) in [6, 6.07) is 0. The van der Waals surface area contributed by atoms with E-state index in [-0.39, 0.29) is 0 Å². The van der Waals surface area contributed by atoms with Crippen LogP contribution in [0, 0.1) is 0 Å². The molecule has 1 amide bonds. The Morgan fingerprint density at radius 1 is 1.00 bits per heavy atom. The van der Waals surface area contributed by atoms with Gasteiger partial charge in [-0.1, -0.05) is 0 Å². The van der Waals surface area contributed by atoms with Crippen molar-refractivity contribution < 1.29 is 78.9 Å². The molecule has 1 fully saturated rings. The van der Waals surface area contributed by atoms with Crippen molar-refractivity contribution in [2.45, 2.75) is 68.3 Å². The first-order chi connectivity index (χ1) is 16.8. The van der Waals surface area contributed by atoms with Crippen LogP contribution >= 0.6 is 0 Å². The summed E-state index contributed by atoms with van der Waals surface area (Å²) in [6.07, 6.45) is -20.0. The molecule has 1 aliphatic heterocycles. The summed E-state index contributed by atoms with van der Waals surface area (Å²) >= 11 is 0. The van der Waals surface area contributed by atoms with E-state index in [2.05, 4.69) is 9.47 Å². The lowest BCUT2D eigenvalue weighted by molar-refractivity contribution is -0.326. The average Bonchev–Trinajstić information content (AvgIpc) is 2.84. The van der Waals surface area contributed by atoms with Gasteiger partial charge in [0, 0.05) is 14.0 Å². The topological polar surface area (TPSA) is 262 Å². The number of rotatable bonds is 12. The van der Waals surface area contributed by atoms with Crippen molar-refractivity contribution in [2.24, 2.45) is 0 Å². The van der Waals surface area contributed by atoms with Gasteiger partial charge in [0.1, 0.15) is 49.3 Å². The number of methoxy groups -OCH3 is 1. The van der Waals surface area contributed by atoms with E-state index in [1.54, 1.807) is 0 Å². The number of carbonyl (C=O) groups excluding carboxylic acids is 3. The average molecular weight is 531 g/mol. The Kier molecular flexibility index (Phi) is 12.8. The minimum atomic E-state index is -2.36. The smallest absolute Gasteiger partial charge is 0.438 e. The van der Waals surface area contributed by atoms with Gasteiger partial charge in [-0.25, -0.2) is 4.79 Å². The lowest BCUT2D eigenvalue weighted by atomic mass is 9.98. The third-order valence-corrected chi connectivity index (χ3v) is 5.09. The van der Waals surface area contributed by atoms with Gasteiger partial charge < -0.3 is 69.4 Å². The zero-order valence-corrected chi connectivity index (χ0v) is 19.7. The summed E-state index contributed by atoms with van der Waals surface area (Å²) in [5.41, 5.74) is 0. The first-order valence-corrected chi connectivity index (χ1v) is 10.6. The Morgan fingerprint density at radius 3 is 2.14 bits per heavy atom. The van der Waals surface area contributed by atoms with Gasteiger partial charge in [-0.3, -0.25) is 9.59 Å². The minimum Gasteiger partial charge on any atom is -0.438 e. The molecule has 8 N–H and O–H groups in total. The number of hydrogen-bond acceptors (Lipinski definition) is 16. The molecule has 17 heteroatoms. The highest BCUT2D eigenvalue weighted by molar-refractivity contribution is 5.85. The van der Waals surface area contributed by atoms with Crippen molar-refractivity contribution in [3.8, 4) is 0 Å². The van der Waals surface area contributed by atoms with Crippen LogP contribution in [0.2, 0.25) is 0 Å². The van der Waals surface area contributed by atoms with Crippen LogP contribution in [0.3, 0.4) is 0 Å². The van der Waals surface area contributed by atoms with E-state index in [0.717, 1.165) is 14.2 Å². The van der Waals surface area contributed by atoms with Gasteiger partial charge in [0.2, 0.25) is 6.29 Å². The predicted octanol–water partition coefficient (Wildman–Crippen LogP) is -5.62. The minimum absolute atomic E-state index is 0.622. The van der Waals surface area contributed by atoms with E-state index < -0.39 is 99.2 Å². The highest BCUT2D eigenvalue weighted by atomic mass is 16.8. The largest absolute Gasteiger partial charge is 0.511 e. The maximum atomic E-state index is 12.5. The van der Waals surface area contributed by atoms with E-state index in [1.807, 2.05) is 0 Å². The third kappa shape index (κ3) is 8.44. The van der Waals surface area contributed by atoms with Crippen LogP contribution in [0.5, 0.6) is 0 Å². The van der Waals surface area contributed by atoms with Gasteiger partial charge in [-0.15, -0.1) is 0 Å². The maximum absolute atomic E-state index is 12.5. The van der Waals surface area contributed by atoms with Crippen molar-refractivity contribution in [1.29, 1.82) is 0 Å². The highest BCUT2D eigenvalue weighted by Crippen LogP contribution is 2.25. The van der Waals surface area contributed by atoms with E-state index in [1.165, 1.54) is 6.92 Å². The maximum Gasteiger partial charge on any atom is 0.511 e. The molecule has 210 valence electrons. The number of nitrogens with zero attached hydrogens (tertiary/aromatic N) is 1. The van der Waals surface area contributed by atoms with Crippen molar-refractivity contribution in [3.05, 3.63) is 0 Å². The normalized spacial score (nSPS) is 28.2.